The molecule has 1 heterocycles. The predicted octanol–water partition coefficient (Wildman–Crippen LogP) is 3.84. The monoisotopic (exact) mass is 260 g/mol. The molecule has 19 heavy (non-hydrogen) atoms. The van der Waals surface area contributed by atoms with Crippen molar-refractivity contribution < 1.29 is 0 Å². The second-order valence-electron chi connectivity index (χ2n) is 6.06. The van der Waals surface area contributed by atoms with E-state index in [1.807, 2.05) is 0 Å². The van der Waals surface area contributed by atoms with E-state index in [1.54, 1.807) is 0 Å². The highest BCUT2D eigenvalue weighted by Gasteiger charge is 2.22. The lowest BCUT2D eigenvalue weighted by molar-refractivity contribution is 0.324. The molecule has 2 rings (SSSR count). The number of anilines is 1. The Morgan fingerprint density at radius 1 is 1.21 bits per heavy atom. The van der Waals surface area contributed by atoms with Crippen molar-refractivity contribution in [3.63, 3.8) is 0 Å². The molecule has 2 nitrogen and oxygen atoms in total. The number of hydrogen-bond acceptors (Lipinski definition) is 2. The van der Waals surface area contributed by atoms with Crippen LogP contribution in [-0.2, 0) is 0 Å². The molecule has 2 heteroatoms. The third kappa shape index (κ3) is 3.50. The van der Waals surface area contributed by atoms with Gasteiger partial charge in [-0.05, 0) is 49.4 Å². The van der Waals surface area contributed by atoms with E-state index in [0.29, 0.717) is 6.04 Å². The minimum atomic E-state index is 0.444. The van der Waals surface area contributed by atoms with Gasteiger partial charge in [0.15, 0.2) is 0 Å². The molecule has 1 N–H and O–H groups in total. The minimum absolute atomic E-state index is 0.444. The Morgan fingerprint density at radius 3 is 2.47 bits per heavy atom. The van der Waals surface area contributed by atoms with Gasteiger partial charge in [0.05, 0.1) is 0 Å². The molecule has 1 aliphatic heterocycles. The summed E-state index contributed by atoms with van der Waals surface area (Å²) >= 11 is 0. The zero-order valence-electron chi connectivity index (χ0n) is 12.8. The van der Waals surface area contributed by atoms with Crippen LogP contribution in [0, 0.1) is 11.8 Å². The summed E-state index contributed by atoms with van der Waals surface area (Å²) < 4.78 is 0. The zero-order chi connectivity index (χ0) is 13.8. The summed E-state index contributed by atoms with van der Waals surface area (Å²) in [6, 6.07) is 9.55. The molecule has 0 saturated carbocycles. The Kier molecular flexibility index (Phi) is 4.87. The van der Waals surface area contributed by atoms with Crippen LogP contribution in [0.15, 0.2) is 24.3 Å². The van der Waals surface area contributed by atoms with Crippen molar-refractivity contribution in [3.05, 3.63) is 29.8 Å². The van der Waals surface area contributed by atoms with Crippen LogP contribution < -0.4 is 10.2 Å². The lowest BCUT2D eigenvalue weighted by Crippen LogP contribution is -2.38. The molecule has 106 valence electrons. The lowest BCUT2D eigenvalue weighted by Gasteiger charge is -2.37. The van der Waals surface area contributed by atoms with Gasteiger partial charge in [-0.25, -0.2) is 0 Å². The summed E-state index contributed by atoms with van der Waals surface area (Å²) in [7, 11) is 0. The van der Waals surface area contributed by atoms with Gasteiger partial charge < -0.3 is 10.2 Å². The van der Waals surface area contributed by atoms with Gasteiger partial charge in [0.1, 0.15) is 0 Å². The Labute approximate surface area is 118 Å². The van der Waals surface area contributed by atoms with Crippen molar-refractivity contribution in [1.82, 2.24) is 5.32 Å². The van der Waals surface area contributed by atoms with Gasteiger partial charge in [0.2, 0.25) is 0 Å². The molecule has 0 aromatic heterocycles. The van der Waals surface area contributed by atoms with Gasteiger partial charge >= 0.3 is 0 Å². The molecular weight excluding hydrogens is 232 g/mol. The van der Waals surface area contributed by atoms with E-state index < -0.39 is 0 Å². The lowest BCUT2D eigenvalue weighted by atomic mass is 9.88. The highest BCUT2D eigenvalue weighted by atomic mass is 15.1. The summed E-state index contributed by atoms with van der Waals surface area (Å²) in [5, 5.41) is 3.46. The van der Waals surface area contributed by atoms with Gasteiger partial charge in [0, 0.05) is 24.8 Å². The fourth-order valence-corrected chi connectivity index (χ4v) is 2.90. The van der Waals surface area contributed by atoms with Crippen LogP contribution >= 0.6 is 0 Å². The smallest absolute Gasteiger partial charge is 0.0366 e. The number of nitrogens with one attached hydrogen (secondary N) is 1. The number of hydrogen-bond donors (Lipinski definition) is 1. The van der Waals surface area contributed by atoms with Crippen LogP contribution in [0.5, 0.6) is 0 Å². The molecule has 1 aromatic rings. The second kappa shape index (κ2) is 6.42. The minimum Gasteiger partial charge on any atom is -0.371 e. The van der Waals surface area contributed by atoms with Gasteiger partial charge in [0.25, 0.3) is 0 Å². The molecule has 3 unspecified atom stereocenters. The highest BCUT2D eigenvalue weighted by molar-refractivity contribution is 5.48. The van der Waals surface area contributed by atoms with E-state index in [9.17, 15) is 0 Å². The van der Waals surface area contributed by atoms with E-state index >= 15 is 0 Å². The molecule has 1 aromatic carbocycles. The van der Waals surface area contributed by atoms with Crippen LogP contribution in [0.1, 0.15) is 45.7 Å². The Hall–Kier alpha value is -1.02. The first-order chi connectivity index (χ1) is 9.11. The van der Waals surface area contributed by atoms with Crippen molar-refractivity contribution in [2.24, 2.45) is 11.8 Å². The summed E-state index contributed by atoms with van der Waals surface area (Å²) in [5.41, 5.74) is 2.76. The third-order valence-electron chi connectivity index (χ3n) is 4.60. The van der Waals surface area contributed by atoms with Gasteiger partial charge in [-0.3, -0.25) is 0 Å². The van der Waals surface area contributed by atoms with Gasteiger partial charge in [-0.15, -0.1) is 0 Å². The van der Waals surface area contributed by atoms with E-state index in [2.05, 4.69) is 62.2 Å². The van der Waals surface area contributed by atoms with Gasteiger partial charge in [-0.1, -0.05) is 32.9 Å². The summed E-state index contributed by atoms with van der Waals surface area (Å²) in [5.74, 6) is 1.67. The maximum absolute atomic E-state index is 3.46. The molecule has 0 aliphatic carbocycles. The van der Waals surface area contributed by atoms with Crippen molar-refractivity contribution >= 4 is 5.69 Å². The fourth-order valence-electron chi connectivity index (χ4n) is 2.90. The maximum Gasteiger partial charge on any atom is 0.0366 e. The predicted molar refractivity (Wildman–Crippen MR) is 83.7 cm³/mol. The number of rotatable bonds is 4. The Morgan fingerprint density at radius 2 is 1.89 bits per heavy atom. The molecule has 1 fully saturated rings. The van der Waals surface area contributed by atoms with Crippen LogP contribution in [0.4, 0.5) is 5.69 Å². The first kappa shape index (κ1) is 14.4. The number of piperidine rings is 1. The third-order valence-corrected chi connectivity index (χ3v) is 4.60. The topological polar surface area (TPSA) is 15.3 Å². The quantitative estimate of drug-likeness (QED) is 0.885. The first-order valence-corrected chi connectivity index (χ1v) is 7.70. The van der Waals surface area contributed by atoms with Crippen LogP contribution in [0.2, 0.25) is 0 Å². The van der Waals surface area contributed by atoms with E-state index in [-0.39, 0.29) is 0 Å². The van der Waals surface area contributed by atoms with E-state index in [1.165, 1.54) is 30.8 Å². The first-order valence-electron chi connectivity index (χ1n) is 7.70. The van der Waals surface area contributed by atoms with E-state index in [0.717, 1.165) is 18.4 Å². The summed E-state index contributed by atoms with van der Waals surface area (Å²) in [6.45, 7) is 12.5. The molecule has 0 spiro atoms. The Balaban J connectivity index is 2.02. The molecule has 0 amide bonds. The average Bonchev–Trinajstić information content (AvgIpc) is 2.42. The van der Waals surface area contributed by atoms with Crippen molar-refractivity contribution in [1.29, 1.82) is 0 Å². The zero-order valence-corrected chi connectivity index (χ0v) is 12.8. The standard InChI is InChI=1S/C17H28N2/c1-5-18-15(4)16-6-8-17(9-7-16)19-11-10-13(2)14(3)12-19/h6-9,13-15,18H,5,10-12H2,1-4H3. The molecular formula is C17H28N2. The molecule has 0 bridgehead atoms. The van der Waals surface area contributed by atoms with Crippen molar-refractivity contribution in [2.75, 3.05) is 24.5 Å². The maximum atomic E-state index is 3.46. The molecule has 1 saturated heterocycles. The SMILES string of the molecule is CCNC(C)c1ccc(N2CCC(C)C(C)C2)cc1. The normalized spacial score (nSPS) is 25.4. The second-order valence-corrected chi connectivity index (χ2v) is 6.06. The highest BCUT2D eigenvalue weighted by Crippen LogP contribution is 2.27. The number of nitrogens with zero attached hydrogens (tertiary/aromatic N) is 1. The van der Waals surface area contributed by atoms with Crippen molar-refractivity contribution in [3.8, 4) is 0 Å². The van der Waals surface area contributed by atoms with Crippen LogP contribution in [0.3, 0.4) is 0 Å². The molecule has 1 aliphatic rings. The largest absolute Gasteiger partial charge is 0.371 e. The Bertz CT molecular complexity index is 385. The van der Waals surface area contributed by atoms with Gasteiger partial charge in [-0.2, -0.15) is 0 Å². The summed E-state index contributed by atoms with van der Waals surface area (Å²) in [6.07, 6.45) is 1.32. The van der Waals surface area contributed by atoms with Crippen molar-refractivity contribution in [2.45, 2.75) is 40.2 Å². The van der Waals surface area contributed by atoms with Crippen LogP contribution in [0.25, 0.3) is 0 Å². The van der Waals surface area contributed by atoms with Crippen LogP contribution in [-0.4, -0.2) is 19.6 Å². The fraction of sp³-hybridized carbons (Fsp3) is 0.647. The molecule has 0 radical (unpaired) electrons. The van der Waals surface area contributed by atoms with E-state index in [4.69, 9.17) is 0 Å². The number of benzene rings is 1. The summed E-state index contributed by atoms with van der Waals surface area (Å²) in [4.78, 5) is 2.53. The average molecular weight is 260 g/mol. The molecule has 3 atom stereocenters.